The average molecular weight is 224 g/mol. The van der Waals surface area contributed by atoms with Gasteiger partial charge in [0.2, 0.25) is 0 Å². The smallest absolute Gasteiger partial charge is 0.270 e. The summed E-state index contributed by atoms with van der Waals surface area (Å²) in [6.45, 7) is 1.76. The Labute approximate surface area is 92.9 Å². The number of halogens is 1. The predicted molar refractivity (Wildman–Crippen MR) is 56.4 cm³/mol. The molecule has 1 N–H and O–H groups in total. The van der Waals surface area contributed by atoms with Crippen molar-refractivity contribution in [2.24, 2.45) is 0 Å². The van der Waals surface area contributed by atoms with Gasteiger partial charge < -0.3 is 5.32 Å². The van der Waals surface area contributed by atoms with Crippen LogP contribution in [0.25, 0.3) is 0 Å². The Morgan fingerprint density at radius 3 is 3.13 bits per heavy atom. The number of aromatic nitrogens is 1. The molecule has 1 rings (SSSR count). The normalized spacial score (nSPS) is 11.5. The second-order valence-corrected chi connectivity index (χ2v) is 3.53. The van der Waals surface area contributed by atoms with Gasteiger partial charge in [-0.15, -0.1) is 0 Å². The van der Waals surface area contributed by atoms with E-state index in [1.807, 2.05) is 6.07 Å². The summed E-state index contributed by atoms with van der Waals surface area (Å²) in [5, 5.41) is 11.5. The highest BCUT2D eigenvalue weighted by Gasteiger charge is 2.10. The number of hydrogen-bond donors (Lipinski definition) is 1. The van der Waals surface area contributed by atoms with Crippen molar-refractivity contribution in [3.63, 3.8) is 0 Å². The van der Waals surface area contributed by atoms with E-state index in [-0.39, 0.29) is 24.1 Å². The average Bonchev–Trinajstić information content (AvgIpc) is 2.18. The largest absolute Gasteiger partial charge is 0.347 e. The molecule has 1 atom stereocenters. The van der Waals surface area contributed by atoms with E-state index in [4.69, 9.17) is 16.9 Å². The number of nitriles is 1. The number of hydrogen-bond acceptors (Lipinski definition) is 3. The molecule has 1 aromatic rings. The van der Waals surface area contributed by atoms with Crippen LogP contribution in [0.1, 0.15) is 23.8 Å². The Morgan fingerprint density at radius 2 is 2.53 bits per heavy atom. The van der Waals surface area contributed by atoms with Crippen molar-refractivity contribution in [1.29, 1.82) is 5.26 Å². The summed E-state index contributed by atoms with van der Waals surface area (Å²) in [6.07, 6.45) is 1.73. The van der Waals surface area contributed by atoms with Gasteiger partial charge in [-0.1, -0.05) is 11.6 Å². The van der Waals surface area contributed by atoms with Gasteiger partial charge in [0.1, 0.15) is 5.69 Å². The molecule has 78 valence electrons. The molecular weight excluding hydrogens is 214 g/mol. The monoisotopic (exact) mass is 223 g/mol. The molecule has 1 heterocycles. The summed E-state index contributed by atoms with van der Waals surface area (Å²) in [5.74, 6) is -0.319. The maximum atomic E-state index is 11.5. The second-order valence-electron chi connectivity index (χ2n) is 3.10. The van der Waals surface area contributed by atoms with Crippen LogP contribution in [0.3, 0.4) is 0 Å². The van der Waals surface area contributed by atoms with E-state index in [9.17, 15) is 4.79 Å². The van der Waals surface area contributed by atoms with Crippen molar-refractivity contribution in [1.82, 2.24) is 10.3 Å². The number of carbonyl (C=O) groups excluding carboxylic acids is 1. The second kappa shape index (κ2) is 5.32. The Bertz CT molecular complexity index is 400. The van der Waals surface area contributed by atoms with Crippen LogP contribution in [0.2, 0.25) is 5.02 Å². The highest BCUT2D eigenvalue weighted by Crippen LogP contribution is 2.08. The molecule has 0 aliphatic rings. The summed E-state index contributed by atoms with van der Waals surface area (Å²) in [7, 11) is 0. The number of nitrogens with one attached hydrogen (secondary N) is 1. The molecule has 1 amide bonds. The SMILES string of the molecule is CC(CC#N)NC(=O)c1cc(Cl)ccn1. The Balaban J connectivity index is 2.66. The van der Waals surface area contributed by atoms with Gasteiger partial charge in [0, 0.05) is 17.3 Å². The van der Waals surface area contributed by atoms with Crippen LogP contribution in [-0.2, 0) is 0 Å². The molecule has 1 aromatic heterocycles. The number of rotatable bonds is 3. The fourth-order valence-corrected chi connectivity index (χ4v) is 1.17. The van der Waals surface area contributed by atoms with Crippen molar-refractivity contribution in [2.45, 2.75) is 19.4 Å². The van der Waals surface area contributed by atoms with Crippen molar-refractivity contribution >= 4 is 17.5 Å². The first-order valence-electron chi connectivity index (χ1n) is 4.43. The summed E-state index contributed by atoms with van der Waals surface area (Å²) in [6, 6.07) is 4.86. The van der Waals surface area contributed by atoms with Crippen molar-refractivity contribution in [3.05, 3.63) is 29.0 Å². The molecule has 5 heteroatoms. The quantitative estimate of drug-likeness (QED) is 0.849. The molecule has 0 fully saturated rings. The van der Waals surface area contributed by atoms with Crippen LogP contribution in [0, 0.1) is 11.3 Å². The molecule has 0 aliphatic carbocycles. The van der Waals surface area contributed by atoms with Crippen LogP contribution in [0.4, 0.5) is 0 Å². The highest BCUT2D eigenvalue weighted by molar-refractivity contribution is 6.30. The summed E-state index contributed by atoms with van der Waals surface area (Å²) >= 11 is 5.71. The van der Waals surface area contributed by atoms with E-state index in [2.05, 4.69) is 10.3 Å². The lowest BCUT2D eigenvalue weighted by molar-refractivity contribution is 0.0936. The molecule has 0 radical (unpaired) electrons. The van der Waals surface area contributed by atoms with Gasteiger partial charge in [-0.25, -0.2) is 0 Å². The van der Waals surface area contributed by atoms with Crippen molar-refractivity contribution in [2.75, 3.05) is 0 Å². The molecule has 1 unspecified atom stereocenters. The summed E-state index contributed by atoms with van der Waals surface area (Å²) in [5.41, 5.74) is 0.257. The maximum Gasteiger partial charge on any atom is 0.270 e. The topological polar surface area (TPSA) is 65.8 Å². The van der Waals surface area contributed by atoms with E-state index >= 15 is 0 Å². The minimum absolute atomic E-state index is 0.191. The van der Waals surface area contributed by atoms with Gasteiger partial charge in [0.25, 0.3) is 5.91 Å². The van der Waals surface area contributed by atoms with Crippen molar-refractivity contribution < 1.29 is 4.79 Å². The van der Waals surface area contributed by atoms with Crippen LogP contribution in [0.15, 0.2) is 18.3 Å². The zero-order valence-corrected chi connectivity index (χ0v) is 8.95. The molecule has 0 saturated carbocycles. The zero-order chi connectivity index (χ0) is 11.3. The number of amides is 1. The molecule has 0 bridgehead atoms. The third-order valence-electron chi connectivity index (χ3n) is 1.73. The molecule has 0 spiro atoms. The highest BCUT2D eigenvalue weighted by atomic mass is 35.5. The molecular formula is C10H10ClN3O. The lowest BCUT2D eigenvalue weighted by atomic mass is 10.2. The number of pyridine rings is 1. The fraction of sp³-hybridized carbons (Fsp3) is 0.300. The molecule has 0 aliphatic heterocycles. The van der Waals surface area contributed by atoms with Crippen molar-refractivity contribution in [3.8, 4) is 6.07 Å². The predicted octanol–water partition coefficient (Wildman–Crippen LogP) is 1.77. The van der Waals surface area contributed by atoms with Gasteiger partial charge in [0.05, 0.1) is 12.5 Å². The molecule has 0 saturated heterocycles. The van der Waals surface area contributed by atoms with Crippen LogP contribution >= 0.6 is 11.6 Å². The molecule has 15 heavy (non-hydrogen) atoms. The molecule has 4 nitrogen and oxygen atoms in total. The summed E-state index contributed by atoms with van der Waals surface area (Å²) < 4.78 is 0. The zero-order valence-electron chi connectivity index (χ0n) is 8.20. The van der Waals surface area contributed by atoms with E-state index in [1.165, 1.54) is 12.3 Å². The first-order valence-corrected chi connectivity index (χ1v) is 4.80. The Hall–Kier alpha value is -1.60. The first kappa shape index (κ1) is 11.5. The fourth-order valence-electron chi connectivity index (χ4n) is 1.01. The number of carbonyl (C=O) groups is 1. The lowest BCUT2D eigenvalue weighted by Crippen LogP contribution is -2.32. The Kier molecular flexibility index (Phi) is 4.07. The van der Waals surface area contributed by atoms with Gasteiger partial charge in [0.15, 0.2) is 0 Å². The van der Waals surface area contributed by atoms with Gasteiger partial charge in [-0.3, -0.25) is 9.78 Å². The standard InChI is InChI=1S/C10H10ClN3O/c1-7(2-4-12)14-10(15)9-6-8(11)3-5-13-9/h3,5-7H,2H2,1H3,(H,14,15). The summed E-state index contributed by atoms with van der Waals surface area (Å²) in [4.78, 5) is 15.4. The maximum absolute atomic E-state index is 11.5. The third kappa shape index (κ3) is 3.56. The minimum atomic E-state index is -0.319. The minimum Gasteiger partial charge on any atom is -0.347 e. The van der Waals surface area contributed by atoms with E-state index in [0.717, 1.165) is 0 Å². The number of nitrogens with zero attached hydrogens (tertiary/aromatic N) is 2. The van der Waals surface area contributed by atoms with Gasteiger partial charge in [-0.2, -0.15) is 5.26 Å². The van der Waals surface area contributed by atoms with Gasteiger partial charge >= 0.3 is 0 Å². The Morgan fingerprint density at radius 1 is 1.80 bits per heavy atom. The van der Waals surface area contributed by atoms with Crippen LogP contribution in [-0.4, -0.2) is 16.9 Å². The molecule has 0 aromatic carbocycles. The van der Waals surface area contributed by atoms with Gasteiger partial charge in [-0.05, 0) is 19.1 Å². The van der Waals surface area contributed by atoms with E-state index in [0.29, 0.717) is 5.02 Å². The van der Waals surface area contributed by atoms with E-state index < -0.39 is 0 Å². The third-order valence-corrected chi connectivity index (χ3v) is 1.96. The van der Waals surface area contributed by atoms with Crippen LogP contribution in [0.5, 0.6) is 0 Å². The van der Waals surface area contributed by atoms with Crippen LogP contribution < -0.4 is 5.32 Å². The first-order chi connectivity index (χ1) is 7.13. The van der Waals surface area contributed by atoms with E-state index in [1.54, 1.807) is 13.0 Å². The lowest BCUT2D eigenvalue weighted by Gasteiger charge is -2.09.